The molecule has 1 aliphatic carbocycles. The topological polar surface area (TPSA) is 86.7 Å². The van der Waals surface area contributed by atoms with Gasteiger partial charge in [-0.05, 0) is 0 Å². The first-order valence-corrected chi connectivity index (χ1v) is 3.11. The van der Waals surface area contributed by atoms with Crippen molar-refractivity contribution in [1.29, 1.82) is 0 Å². The Hall–Kier alpha value is -0.420. The van der Waals surface area contributed by atoms with Crippen molar-refractivity contribution in [1.82, 2.24) is 0 Å². The van der Waals surface area contributed by atoms with Crippen molar-refractivity contribution in [3.8, 4) is 0 Å². The van der Waals surface area contributed by atoms with Gasteiger partial charge in [-0.15, -0.1) is 0 Å². The second-order valence-electron chi connectivity index (χ2n) is 2.43. The second-order valence-corrected chi connectivity index (χ2v) is 2.43. The first kappa shape index (κ1) is 7.68. The fourth-order valence-electron chi connectivity index (χ4n) is 0.900. The van der Waals surface area contributed by atoms with E-state index in [4.69, 9.17) is 21.1 Å². The highest BCUT2D eigenvalue weighted by atomic mass is 16.4. The van der Waals surface area contributed by atoms with Crippen LogP contribution in [0.3, 0.4) is 0 Å². The zero-order valence-electron chi connectivity index (χ0n) is 5.38. The maximum absolute atomic E-state index is 9.03. The Bertz CT molecular complexity index is 132. The summed E-state index contributed by atoms with van der Waals surface area (Å²) in [4.78, 5) is 0. The number of rotatable bonds is 0. The molecule has 0 aromatic rings. The van der Waals surface area contributed by atoms with Gasteiger partial charge in [-0.1, -0.05) is 12.2 Å². The van der Waals surface area contributed by atoms with Crippen LogP contribution in [0, 0.1) is 0 Å². The highest BCUT2D eigenvalue weighted by Crippen LogP contribution is 2.11. The summed E-state index contributed by atoms with van der Waals surface area (Å²) in [7, 11) is 0. The smallest absolute Gasteiger partial charge is 0.111 e. The van der Waals surface area contributed by atoms with Gasteiger partial charge in [0.05, 0.1) is 6.04 Å². The van der Waals surface area contributed by atoms with Crippen molar-refractivity contribution in [3.63, 3.8) is 0 Å². The lowest BCUT2D eigenvalue weighted by Gasteiger charge is -2.28. The van der Waals surface area contributed by atoms with Crippen molar-refractivity contribution in [2.75, 3.05) is 0 Å². The fraction of sp³-hybridized carbons (Fsp3) is 0.667. The Labute approximate surface area is 58.6 Å². The summed E-state index contributed by atoms with van der Waals surface area (Å²) in [6, 6.07) is -0.571. The highest BCUT2D eigenvalue weighted by Gasteiger charge is 2.30. The predicted octanol–water partition coefficient (Wildman–Crippen LogP) is -2.03. The molecule has 0 bridgehead atoms. The van der Waals surface area contributed by atoms with Gasteiger partial charge >= 0.3 is 0 Å². The van der Waals surface area contributed by atoms with Crippen molar-refractivity contribution in [3.05, 3.63) is 12.2 Å². The number of hydrogen-bond donors (Lipinski definition) is 4. The Morgan fingerprint density at radius 3 is 2.10 bits per heavy atom. The Morgan fingerprint density at radius 1 is 1.00 bits per heavy atom. The monoisotopic (exact) mass is 145 g/mol. The summed E-state index contributed by atoms with van der Waals surface area (Å²) in [6.45, 7) is 0. The maximum atomic E-state index is 9.03. The van der Waals surface area contributed by atoms with Crippen LogP contribution in [0.25, 0.3) is 0 Å². The molecule has 10 heavy (non-hydrogen) atoms. The lowest BCUT2D eigenvalue weighted by atomic mass is 9.95. The zero-order valence-corrected chi connectivity index (χ0v) is 5.38. The molecule has 0 radical (unpaired) electrons. The van der Waals surface area contributed by atoms with Gasteiger partial charge in [-0.3, -0.25) is 0 Å². The average Bonchev–Trinajstić information content (AvgIpc) is 1.93. The molecule has 0 aromatic carbocycles. The highest BCUT2D eigenvalue weighted by molar-refractivity contribution is 5.09. The minimum absolute atomic E-state index is 0.571. The lowest BCUT2D eigenvalue weighted by molar-refractivity contribution is -0.0518. The van der Waals surface area contributed by atoms with Crippen LogP contribution < -0.4 is 5.73 Å². The molecule has 5 N–H and O–H groups in total. The fourth-order valence-corrected chi connectivity index (χ4v) is 0.900. The van der Waals surface area contributed by atoms with E-state index < -0.39 is 24.4 Å². The van der Waals surface area contributed by atoms with E-state index in [0.717, 1.165) is 0 Å². The Balaban J connectivity index is 2.69. The van der Waals surface area contributed by atoms with E-state index in [2.05, 4.69) is 0 Å². The predicted molar refractivity (Wildman–Crippen MR) is 35.1 cm³/mol. The summed E-state index contributed by atoms with van der Waals surface area (Å²) in [5.41, 5.74) is 5.32. The summed E-state index contributed by atoms with van der Waals surface area (Å²) in [5.74, 6) is 0. The van der Waals surface area contributed by atoms with E-state index in [1.54, 1.807) is 0 Å². The molecule has 1 aliphatic rings. The number of hydrogen-bond acceptors (Lipinski definition) is 4. The van der Waals surface area contributed by atoms with Gasteiger partial charge in [-0.25, -0.2) is 0 Å². The first-order chi connectivity index (χ1) is 4.63. The summed E-state index contributed by atoms with van der Waals surface area (Å²) in [6.07, 6.45) is -0.348. The third-order valence-corrected chi connectivity index (χ3v) is 1.62. The van der Waals surface area contributed by atoms with Gasteiger partial charge in [0.1, 0.15) is 18.3 Å². The molecule has 4 atom stereocenters. The molecule has 0 heterocycles. The minimum Gasteiger partial charge on any atom is -0.388 e. The van der Waals surface area contributed by atoms with Crippen molar-refractivity contribution < 1.29 is 15.3 Å². The van der Waals surface area contributed by atoms with Gasteiger partial charge in [0.2, 0.25) is 0 Å². The second kappa shape index (κ2) is 2.67. The lowest BCUT2D eigenvalue weighted by Crippen LogP contribution is -2.49. The molecule has 58 valence electrons. The molecule has 4 heteroatoms. The maximum Gasteiger partial charge on any atom is 0.111 e. The third-order valence-electron chi connectivity index (χ3n) is 1.62. The number of aliphatic hydroxyl groups is 3. The third kappa shape index (κ3) is 1.19. The van der Waals surface area contributed by atoms with Gasteiger partial charge in [0, 0.05) is 0 Å². The van der Waals surface area contributed by atoms with Crippen LogP contribution >= 0.6 is 0 Å². The standard InChI is InChI=1S/C6H11NO3/c7-3-1-2-4(8)6(10)5(3)9/h1-6,8-10H,7H2/t3-,4+,5+,6+/m0/s1. The number of aliphatic hydroxyl groups excluding tert-OH is 3. The normalized spacial score (nSPS) is 47.6. The quantitative estimate of drug-likeness (QED) is 0.296. The van der Waals surface area contributed by atoms with E-state index in [9.17, 15) is 0 Å². The Kier molecular flexibility index (Phi) is 2.05. The van der Waals surface area contributed by atoms with E-state index in [-0.39, 0.29) is 0 Å². The van der Waals surface area contributed by atoms with Crippen LogP contribution in [0.1, 0.15) is 0 Å². The van der Waals surface area contributed by atoms with Gasteiger partial charge < -0.3 is 21.1 Å². The molecular weight excluding hydrogens is 134 g/mol. The number of nitrogens with two attached hydrogens (primary N) is 1. The van der Waals surface area contributed by atoms with Crippen molar-refractivity contribution in [2.45, 2.75) is 24.4 Å². The van der Waals surface area contributed by atoms with Crippen molar-refractivity contribution in [2.24, 2.45) is 5.73 Å². The SMILES string of the molecule is N[C@H]1C=C[C@@H](O)[C@@H](O)[C@@H]1O. The van der Waals surface area contributed by atoms with Crippen LogP contribution in [0.5, 0.6) is 0 Å². The molecule has 0 saturated carbocycles. The van der Waals surface area contributed by atoms with Crippen molar-refractivity contribution >= 4 is 0 Å². The summed E-state index contributed by atoms with van der Waals surface area (Å²) < 4.78 is 0. The zero-order chi connectivity index (χ0) is 7.72. The molecule has 0 aliphatic heterocycles. The molecule has 0 unspecified atom stereocenters. The van der Waals surface area contributed by atoms with Crippen LogP contribution in [0.15, 0.2) is 12.2 Å². The molecule has 4 nitrogen and oxygen atoms in total. The molecule has 0 aromatic heterocycles. The van der Waals surface area contributed by atoms with E-state index in [0.29, 0.717) is 0 Å². The van der Waals surface area contributed by atoms with E-state index >= 15 is 0 Å². The van der Waals surface area contributed by atoms with Crippen LogP contribution in [0.4, 0.5) is 0 Å². The molecule has 0 spiro atoms. The Morgan fingerprint density at radius 2 is 1.60 bits per heavy atom. The van der Waals surface area contributed by atoms with Gasteiger partial charge in [-0.2, -0.15) is 0 Å². The molecule has 0 amide bonds. The van der Waals surface area contributed by atoms with Gasteiger partial charge in [0.25, 0.3) is 0 Å². The summed E-state index contributed by atoms with van der Waals surface area (Å²) in [5, 5.41) is 26.9. The van der Waals surface area contributed by atoms with Gasteiger partial charge in [0.15, 0.2) is 0 Å². The first-order valence-electron chi connectivity index (χ1n) is 3.11. The average molecular weight is 145 g/mol. The molecule has 0 saturated heterocycles. The van der Waals surface area contributed by atoms with Crippen LogP contribution in [-0.4, -0.2) is 39.7 Å². The molecule has 1 rings (SSSR count). The summed E-state index contributed by atoms with van der Waals surface area (Å²) >= 11 is 0. The largest absolute Gasteiger partial charge is 0.388 e. The van der Waals surface area contributed by atoms with E-state index in [1.807, 2.05) is 0 Å². The molecule has 0 fully saturated rings. The van der Waals surface area contributed by atoms with E-state index in [1.165, 1.54) is 12.2 Å². The van der Waals surface area contributed by atoms with Crippen LogP contribution in [0.2, 0.25) is 0 Å². The molecular formula is C6H11NO3. The van der Waals surface area contributed by atoms with Crippen LogP contribution in [-0.2, 0) is 0 Å². The minimum atomic E-state index is -1.15.